The highest BCUT2D eigenvalue weighted by molar-refractivity contribution is 5.72. The zero-order valence-corrected chi connectivity index (χ0v) is 16.7. The van der Waals surface area contributed by atoms with Gasteiger partial charge in [0.2, 0.25) is 0 Å². The minimum Gasteiger partial charge on any atom is -0.461 e. The van der Waals surface area contributed by atoms with Gasteiger partial charge in [-0.2, -0.15) is 26.3 Å². The summed E-state index contributed by atoms with van der Waals surface area (Å²) >= 11 is 0. The van der Waals surface area contributed by atoms with Gasteiger partial charge in [0.25, 0.3) is 0 Å². The minimum atomic E-state index is -4.86. The van der Waals surface area contributed by atoms with Gasteiger partial charge in [0.15, 0.2) is 0 Å². The lowest BCUT2D eigenvalue weighted by atomic mass is 10.1. The van der Waals surface area contributed by atoms with Crippen molar-refractivity contribution in [2.45, 2.75) is 44.8 Å². The summed E-state index contributed by atoms with van der Waals surface area (Å²) < 4.78 is 114. The lowest BCUT2D eigenvalue weighted by molar-refractivity contribution is -0.150. The highest BCUT2D eigenvalue weighted by Gasteiger charge is 2.35. The first-order valence-corrected chi connectivity index (χ1v) is 9.31. The van der Waals surface area contributed by atoms with Crippen LogP contribution >= 0.6 is 0 Å². The fraction of sp³-hybridized carbons (Fsp3) is 0.333. The summed E-state index contributed by atoms with van der Waals surface area (Å²) in [5, 5.41) is 0. The van der Waals surface area contributed by atoms with Gasteiger partial charge in [0.1, 0.15) is 24.8 Å². The maximum absolute atomic E-state index is 13.7. The van der Waals surface area contributed by atoms with E-state index < -0.39 is 84.2 Å². The zero-order chi connectivity index (χ0) is 24.8. The Labute approximate surface area is 182 Å². The molecule has 0 N–H and O–H groups in total. The Balaban J connectivity index is 1.83. The molecule has 0 heterocycles. The maximum Gasteiger partial charge on any atom is 0.416 e. The second-order valence-corrected chi connectivity index (χ2v) is 6.70. The number of hydrogen-bond donors (Lipinski definition) is 0. The zero-order valence-electron chi connectivity index (χ0n) is 16.7. The van der Waals surface area contributed by atoms with Crippen molar-refractivity contribution >= 4 is 11.9 Å². The quantitative estimate of drug-likeness (QED) is 0.343. The molecule has 0 aliphatic heterocycles. The van der Waals surface area contributed by atoms with Crippen LogP contribution in [0.2, 0.25) is 0 Å². The van der Waals surface area contributed by atoms with Crippen molar-refractivity contribution < 1.29 is 54.2 Å². The van der Waals surface area contributed by atoms with Gasteiger partial charge in [-0.15, -0.1) is 0 Å². The van der Waals surface area contributed by atoms with E-state index in [2.05, 4.69) is 9.47 Å². The van der Waals surface area contributed by atoms with Crippen LogP contribution in [0.1, 0.15) is 41.5 Å². The molecule has 2 aromatic carbocycles. The molecule has 0 fully saturated rings. The molecule has 2 aromatic rings. The second-order valence-electron chi connectivity index (χ2n) is 6.70. The molecule has 0 aromatic heterocycles. The number of halogens is 8. The summed E-state index contributed by atoms with van der Waals surface area (Å²) in [6.45, 7) is -1.98. The predicted molar refractivity (Wildman–Crippen MR) is 96.2 cm³/mol. The molecule has 4 nitrogen and oxygen atoms in total. The number of esters is 2. The molecule has 0 amide bonds. The molecule has 0 atom stereocenters. The molecular weight excluding hydrogens is 468 g/mol. The summed E-state index contributed by atoms with van der Waals surface area (Å²) in [5.41, 5.74) is -4.32. The van der Waals surface area contributed by atoms with Crippen LogP contribution in [-0.2, 0) is 44.6 Å². The summed E-state index contributed by atoms with van der Waals surface area (Å²) in [7, 11) is 0. The number of carbonyl (C=O) groups excluding carboxylic acids is 2. The number of carbonyl (C=O) groups is 2. The van der Waals surface area contributed by atoms with Crippen LogP contribution < -0.4 is 0 Å². The Morgan fingerprint density at radius 1 is 0.667 bits per heavy atom. The molecule has 0 bridgehead atoms. The van der Waals surface area contributed by atoms with Crippen LogP contribution in [0.5, 0.6) is 0 Å². The summed E-state index contributed by atoms with van der Waals surface area (Å²) in [5.74, 6) is -4.50. The second kappa shape index (κ2) is 10.6. The molecule has 0 unspecified atom stereocenters. The van der Waals surface area contributed by atoms with Crippen molar-refractivity contribution in [3.63, 3.8) is 0 Å². The van der Waals surface area contributed by atoms with Gasteiger partial charge in [-0.25, -0.2) is 8.78 Å². The number of hydrogen-bond acceptors (Lipinski definition) is 4. The van der Waals surface area contributed by atoms with Gasteiger partial charge in [-0.05, 0) is 30.7 Å². The van der Waals surface area contributed by atoms with Crippen LogP contribution in [0.3, 0.4) is 0 Å². The Morgan fingerprint density at radius 2 is 1.03 bits per heavy atom. The van der Waals surface area contributed by atoms with Crippen LogP contribution in [0.4, 0.5) is 35.1 Å². The first-order chi connectivity index (χ1) is 15.3. The Morgan fingerprint density at radius 3 is 1.36 bits per heavy atom. The molecule has 0 aliphatic rings. The van der Waals surface area contributed by atoms with Crippen LogP contribution in [0, 0.1) is 11.6 Å². The van der Waals surface area contributed by atoms with E-state index in [-0.39, 0.29) is 6.42 Å². The van der Waals surface area contributed by atoms with Gasteiger partial charge >= 0.3 is 24.3 Å². The molecule has 0 radical (unpaired) electrons. The average molecular weight is 484 g/mol. The highest BCUT2D eigenvalue weighted by atomic mass is 19.4. The standard InChI is InChI=1S/C21H16F8O4/c22-16-6-1-4-14(20(24,25)26)12(16)10-32-18(30)8-3-9-19(31)33-11-13-15(21(27,28)29)5-2-7-17(13)23/h1-2,4-7H,3,8-11H2. The molecule has 0 aliphatic carbocycles. The van der Waals surface area contributed by atoms with Crippen LogP contribution in [0.15, 0.2) is 36.4 Å². The maximum atomic E-state index is 13.7. The number of alkyl halides is 6. The fourth-order valence-electron chi connectivity index (χ4n) is 2.77. The Kier molecular flexibility index (Phi) is 8.39. The highest BCUT2D eigenvalue weighted by Crippen LogP contribution is 2.34. The van der Waals surface area contributed by atoms with E-state index in [1.54, 1.807) is 0 Å². The van der Waals surface area contributed by atoms with Crippen molar-refractivity contribution in [2.75, 3.05) is 0 Å². The molecule has 33 heavy (non-hydrogen) atoms. The van der Waals surface area contributed by atoms with Crippen molar-refractivity contribution in [3.05, 3.63) is 70.3 Å². The van der Waals surface area contributed by atoms with Crippen molar-refractivity contribution in [2.24, 2.45) is 0 Å². The third-order valence-corrected chi connectivity index (χ3v) is 4.37. The largest absolute Gasteiger partial charge is 0.461 e. The Hall–Kier alpha value is -3.18. The molecule has 0 saturated heterocycles. The minimum absolute atomic E-state index is 0.218. The molecule has 180 valence electrons. The van der Waals surface area contributed by atoms with Crippen LogP contribution in [0.25, 0.3) is 0 Å². The van der Waals surface area contributed by atoms with Crippen LogP contribution in [-0.4, -0.2) is 11.9 Å². The molecular formula is C21H16F8O4. The SMILES string of the molecule is O=C(CCCC(=O)OCc1c(F)cccc1C(F)(F)F)OCc1c(F)cccc1C(F)(F)F. The number of benzene rings is 2. The van der Waals surface area contributed by atoms with E-state index >= 15 is 0 Å². The third-order valence-electron chi connectivity index (χ3n) is 4.37. The molecule has 0 spiro atoms. The van der Waals surface area contributed by atoms with Crippen molar-refractivity contribution in [3.8, 4) is 0 Å². The number of ether oxygens (including phenoxy) is 2. The normalized spacial score (nSPS) is 11.9. The molecule has 0 saturated carbocycles. The van der Waals surface area contributed by atoms with E-state index in [1.807, 2.05) is 0 Å². The monoisotopic (exact) mass is 484 g/mol. The van der Waals surface area contributed by atoms with E-state index in [9.17, 15) is 44.7 Å². The van der Waals surface area contributed by atoms with Crippen molar-refractivity contribution in [1.82, 2.24) is 0 Å². The lowest BCUT2D eigenvalue weighted by Gasteiger charge is -2.14. The summed E-state index contributed by atoms with van der Waals surface area (Å²) in [4.78, 5) is 23.4. The van der Waals surface area contributed by atoms with E-state index in [0.717, 1.165) is 24.3 Å². The predicted octanol–water partition coefficient (Wildman–Crippen LogP) is 5.96. The van der Waals surface area contributed by atoms with Gasteiger partial charge in [0, 0.05) is 24.0 Å². The van der Waals surface area contributed by atoms with E-state index in [0.29, 0.717) is 12.1 Å². The van der Waals surface area contributed by atoms with Crippen molar-refractivity contribution in [1.29, 1.82) is 0 Å². The lowest BCUT2D eigenvalue weighted by Crippen LogP contribution is -2.15. The fourth-order valence-corrected chi connectivity index (χ4v) is 2.77. The van der Waals surface area contributed by atoms with Gasteiger partial charge < -0.3 is 9.47 Å². The number of rotatable bonds is 8. The molecule has 2 rings (SSSR count). The Bertz CT molecular complexity index is 919. The smallest absolute Gasteiger partial charge is 0.416 e. The van der Waals surface area contributed by atoms with Gasteiger partial charge in [-0.1, -0.05) is 12.1 Å². The van der Waals surface area contributed by atoms with E-state index in [4.69, 9.17) is 0 Å². The first kappa shape index (κ1) is 26.1. The third kappa shape index (κ3) is 7.43. The van der Waals surface area contributed by atoms with Gasteiger partial charge in [0.05, 0.1) is 11.1 Å². The first-order valence-electron chi connectivity index (χ1n) is 9.31. The van der Waals surface area contributed by atoms with Gasteiger partial charge in [-0.3, -0.25) is 9.59 Å². The molecule has 12 heteroatoms. The summed E-state index contributed by atoms with van der Waals surface area (Å²) in [6.07, 6.45) is -10.9. The topological polar surface area (TPSA) is 52.6 Å². The summed E-state index contributed by atoms with van der Waals surface area (Å²) in [6, 6.07) is 4.51. The van der Waals surface area contributed by atoms with E-state index in [1.165, 1.54) is 0 Å². The average Bonchev–Trinajstić information content (AvgIpc) is 2.70.